The van der Waals surface area contributed by atoms with Crippen LogP contribution in [-0.4, -0.2) is 24.3 Å². The highest BCUT2D eigenvalue weighted by Crippen LogP contribution is 2.36. The molecule has 6 rings (SSSR count). The van der Waals surface area contributed by atoms with Gasteiger partial charge in [-0.3, -0.25) is 9.36 Å². The van der Waals surface area contributed by atoms with Gasteiger partial charge in [0.15, 0.2) is 16.3 Å². The van der Waals surface area contributed by atoms with Crippen molar-refractivity contribution < 1.29 is 23.4 Å². The lowest BCUT2D eigenvalue weighted by Gasteiger charge is -2.25. The van der Waals surface area contributed by atoms with Crippen molar-refractivity contribution in [3.05, 3.63) is 153 Å². The highest BCUT2D eigenvalue weighted by Gasteiger charge is 2.35. The lowest BCUT2D eigenvalue weighted by Crippen LogP contribution is -2.40. The molecule has 0 fully saturated rings. The van der Waals surface area contributed by atoms with Crippen LogP contribution in [0.2, 0.25) is 0 Å². The first-order valence-corrected chi connectivity index (χ1v) is 16.7. The second kappa shape index (κ2) is 14.4. The minimum absolute atomic E-state index is 0.121. The molecule has 48 heavy (non-hydrogen) atoms. The third kappa shape index (κ3) is 6.54. The molecule has 0 radical (unpaired) electrons. The van der Waals surface area contributed by atoms with E-state index in [-0.39, 0.29) is 24.3 Å². The van der Waals surface area contributed by atoms with E-state index in [0.717, 1.165) is 9.13 Å². The van der Waals surface area contributed by atoms with E-state index in [1.165, 1.54) is 35.1 Å². The Labute approximate surface area is 292 Å². The summed E-state index contributed by atoms with van der Waals surface area (Å²) in [4.78, 5) is 33.0. The molecule has 8 nitrogen and oxygen atoms in total. The lowest BCUT2D eigenvalue weighted by molar-refractivity contribution is -0.138. The van der Waals surface area contributed by atoms with Crippen molar-refractivity contribution in [2.45, 2.75) is 19.6 Å². The predicted molar refractivity (Wildman–Crippen MR) is 189 cm³/mol. The molecule has 0 bridgehead atoms. The SMILES string of the molecule is CCOC(=O)C1=C(c2ccccc2)N=c2s/c(=C\c3cc(I)c(OCc4ccccc4C#N)c(OC)c3)c(=O)n2C1c1ccc(F)cc1. The van der Waals surface area contributed by atoms with Gasteiger partial charge in [-0.1, -0.05) is 72.0 Å². The molecule has 0 aliphatic carbocycles. The largest absolute Gasteiger partial charge is 0.493 e. The van der Waals surface area contributed by atoms with E-state index >= 15 is 0 Å². The monoisotopic (exact) mass is 771 g/mol. The molecule has 1 aromatic heterocycles. The van der Waals surface area contributed by atoms with Crippen LogP contribution in [0, 0.1) is 20.7 Å². The number of fused-ring (bicyclic) bond motifs is 1. The molecule has 0 saturated carbocycles. The van der Waals surface area contributed by atoms with Crippen LogP contribution in [0.1, 0.15) is 40.8 Å². The van der Waals surface area contributed by atoms with Crippen molar-refractivity contribution in [1.29, 1.82) is 5.26 Å². The topological polar surface area (TPSA) is 103 Å². The second-order valence-corrected chi connectivity index (χ2v) is 12.7. The zero-order valence-corrected chi connectivity index (χ0v) is 28.8. The van der Waals surface area contributed by atoms with Gasteiger partial charge < -0.3 is 14.2 Å². The Morgan fingerprint density at radius 3 is 2.52 bits per heavy atom. The van der Waals surface area contributed by atoms with Gasteiger partial charge in [0.25, 0.3) is 5.56 Å². The number of nitriles is 1. The van der Waals surface area contributed by atoms with Gasteiger partial charge in [0.2, 0.25) is 0 Å². The normalized spacial score (nSPS) is 14.1. The second-order valence-electron chi connectivity index (χ2n) is 10.6. The van der Waals surface area contributed by atoms with E-state index in [1.54, 1.807) is 43.3 Å². The van der Waals surface area contributed by atoms with E-state index in [0.29, 0.717) is 48.8 Å². The van der Waals surface area contributed by atoms with Gasteiger partial charge in [0.1, 0.15) is 12.4 Å². The first kappa shape index (κ1) is 32.9. The molecule has 0 spiro atoms. The van der Waals surface area contributed by atoms with Crippen LogP contribution >= 0.6 is 33.9 Å². The first-order valence-electron chi connectivity index (χ1n) is 14.8. The molecule has 1 unspecified atom stereocenters. The minimum Gasteiger partial charge on any atom is -0.493 e. The number of aromatic nitrogens is 1. The summed E-state index contributed by atoms with van der Waals surface area (Å²) in [6, 6.07) is 27.0. The summed E-state index contributed by atoms with van der Waals surface area (Å²) < 4.78 is 33.9. The quantitative estimate of drug-likeness (QED) is 0.132. The van der Waals surface area contributed by atoms with Crippen LogP contribution in [0.25, 0.3) is 11.8 Å². The third-order valence-corrected chi connectivity index (χ3v) is 9.40. The van der Waals surface area contributed by atoms with Crippen LogP contribution < -0.4 is 24.4 Å². The lowest BCUT2D eigenvalue weighted by atomic mass is 9.93. The van der Waals surface area contributed by atoms with Crippen molar-refractivity contribution in [3.63, 3.8) is 0 Å². The Morgan fingerprint density at radius 2 is 1.81 bits per heavy atom. The Morgan fingerprint density at radius 1 is 1.08 bits per heavy atom. The molecule has 1 atom stereocenters. The maximum absolute atomic E-state index is 14.2. The van der Waals surface area contributed by atoms with Gasteiger partial charge in [-0.25, -0.2) is 14.2 Å². The van der Waals surface area contributed by atoms with Crippen LogP contribution in [0.4, 0.5) is 4.39 Å². The van der Waals surface area contributed by atoms with E-state index in [9.17, 15) is 19.2 Å². The summed E-state index contributed by atoms with van der Waals surface area (Å²) in [6.45, 7) is 2.00. The van der Waals surface area contributed by atoms with E-state index in [4.69, 9.17) is 19.2 Å². The summed E-state index contributed by atoms with van der Waals surface area (Å²) in [5.41, 5.74) is 3.36. The summed E-state index contributed by atoms with van der Waals surface area (Å²) in [7, 11) is 1.53. The Bertz CT molecular complexity index is 2280. The number of halogens is 2. The smallest absolute Gasteiger partial charge is 0.338 e. The molecule has 4 aromatic carbocycles. The number of hydrogen-bond donors (Lipinski definition) is 0. The highest BCUT2D eigenvalue weighted by atomic mass is 127. The number of benzene rings is 4. The van der Waals surface area contributed by atoms with E-state index in [1.807, 2.05) is 48.5 Å². The zero-order valence-electron chi connectivity index (χ0n) is 25.8. The molecule has 11 heteroatoms. The van der Waals surface area contributed by atoms with Gasteiger partial charge in [-0.2, -0.15) is 5.26 Å². The highest BCUT2D eigenvalue weighted by molar-refractivity contribution is 14.1. The number of thiazole rings is 1. The van der Waals surface area contributed by atoms with E-state index in [2.05, 4.69) is 28.7 Å². The van der Waals surface area contributed by atoms with Crippen molar-refractivity contribution in [1.82, 2.24) is 4.57 Å². The molecule has 1 aliphatic heterocycles. The summed E-state index contributed by atoms with van der Waals surface area (Å²) in [5.74, 6) is -0.0970. The van der Waals surface area contributed by atoms with E-state index < -0.39 is 17.8 Å². The van der Waals surface area contributed by atoms with Crippen LogP contribution in [0.5, 0.6) is 11.5 Å². The average Bonchev–Trinajstić information content (AvgIpc) is 3.41. The fourth-order valence-electron chi connectivity index (χ4n) is 5.42. The molecular weight excluding hydrogens is 744 g/mol. The molecule has 5 aromatic rings. The Kier molecular flexibility index (Phi) is 9.84. The summed E-state index contributed by atoms with van der Waals surface area (Å²) >= 11 is 3.33. The maximum Gasteiger partial charge on any atom is 0.338 e. The minimum atomic E-state index is -0.917. The van der Waals surface area contributed by atoms with Crippen molar-refractivity contribution in [2.24, 2.45) is 4.99 Å². The molecule has 0 amide bonds. The van der Waals surface area contributed by atoms with Crippen LogP contribution in [-0.2, 0) is 16.1 Å². The predicted octanol–water partition coefficient (Wildman–Crippen LogP) is 6.14. The Hall–Kier alpha value is -5.06. The van der Waals surface area contributed by atoms with Crippen molar-refractivity contribution in [2.75, 3.05) is 13.7 Å². The number of ether oxygens (including phenoxy) is 3. The molecule has 2 heterocycles. The molecular formula is C37H27FIN3O5S. The molecule has 240 valence electrons. The third-order valence-electron chi connectivity index (χ3n) is 7.62. The average molecular weight is 772 g/mol. The van der Waals surface area contributed by atoms with Crippen LogP contribution in [0.3, 0.4) is 0 Å². The number of hydrogen-bond acceptors (Lipinski definition) is 8. The fraction of sp³-hybridized carbons (Fsp3) is 0.135. The number of nitrogens with zero attached hydrogens (tertiary/aromatic N) is 3. The summed E-state index contributed by atoms with van der Waals surface area (Å²) in [5, 5.41) is 9.45. The zero-order chi connectivity index (χ0) is 33.8. The molecule has 0 N–H and O–H groups in total. The number of carbonyl (C=O) groups excluding carboxylic acids is 1. The number of carbonyl (C=O) groups is 1. The van der Waals surface area contributed by atoms with Gasteiger partial charge in [0, 0.05) is 11.1 Å². The Balaban J connectivity index is 1.49. The molecule has 0 saturated heterocycles. The van der Waals surface area contributed by atoms with Crippen LogP contribution in [0.15, 0.2) is 106 Å². The first-order chi connectivity index (χ1) is 23.3. The van der Waals surface area contributed by atoms with Crippen molar-refractivity contribution in [3.8, 4) is 17.6 Å². The van der Waals surface area contributed by atoms with Gasteiger partial charge in [0.05, 0.1) is 50.8 Å². The van der Waals surface area contributed by atoms with Crippen molar-refractivity contribution >= 4 is 51.7 Å². The van der Waals surface area contributed by atoms with Gasteiger partial charge in [-0.05, 0) is 77.0 Å². The number of esters is 1. The standard InChI is InChI=1S/C37H27FIN3O5S/c1-3-46-36(44)31-32(23-9-5-4-6-10-23)41-37-42(33(31)24-13-15-27(38)16-14-24)35(43)30(48-37)19-22-17-28(39)34(29(18-22)45-2)47-21-26-12-8-7-11-25(26)20-40/h4-19,33H,3,21H2,1-2H3/b30-19-. The fourth-order valence-corrected chi connectivity index (χ4v) is 7.20. The summed E-state index contributed by atoms with van der Waals surface area (Å²) in [6.07, 6.45) is 1.74. The maximum atomic E-state index is 14.2. The number of methoxy groups -OCH3 is 1. The van der Waals surface area contributed by atoms with Gasteiger partial charge in [-0.15, -0.1) is 0 Å². The number of rotatable bonds is 9. The molecule has 1 aliphatic rings. The van der Waals surface area contributed by atoms with Gasteiger partial charge >= 0.3 is 5.97 Å².